The summed E-state index contributed by atoms with van der Waals surface area (Å²) >= 11 is 2.21. The van der Waals surface area contributed by atoms with E-state index in [1.54, 1.807) is 31.2 Å². The van der Waals surface area contributed by atoms with Gasteiger partial charge in [-0.1, -0.05) is 0 Å². The maximum absolute atomic E-state index is 12.4. The first-order valence-electron chi connectivity index (χ1n) is 7.79. The van der Waals surface area contributed by atoms with Crippen molar-refractivity contribution >= 4 is 34.3 Å². The highest BCUT2D eigenvalue weighted by Crippen LogP contribution is 2.17. The van der Waals surface area contributed by atoms with Gasteiger partial charge in [0.2, 0.25) is 0 Å². The SMILES string of the molecule is CCOC(=O)CCCOc1ccc(C(=O)c2ccc(I)cc2)cc1. The molecular weight excluding hydrogens is 419 g/mol. The first-order valence-corrected chi connectivity index (χ1v) is 8.86. The van der Waals surface area contributed by atoms with E-state index in [4.69, 9.17) is 9.47 Å². The van der Waals surface area contributed by atoms with Crippen LogP contribution in [0, 0.1) is 3.57 Å². The molecule has 5 heteroatoms. The van der Waals surface area contributed by atoms with Gasteiger partial charge in [0.1, 0.15) is 5.75 Å². The van der Waals surface area contributed by atoms with E-state index in [1.165, 1.54) is 0 Å². The molecule has 2 aromatic rings. The molecule has 0 radical (unpaired) electrons. The molecule has 2 rings (SSSR count). The summed E-state index contributed by atoms with van der Waals surface area (Å²) in [5, 5.41) is 0. The molecular formula is C19H19IO4. The lowest BCUT2D eigenvalue weighted by atomic mass is 10.0. The van der Waals surface area contributed by atoms with Crippen molar-refractivity contribution in [2.24, 2.45) is 0 Å². The zero-order chi connectivity index (χ0) is 17.4. The lowest BCUT2D eigenvalue weighted by Gasteiger charge is -2.07. The van der Waals surface area contributed by atoms with E-state index in [-0.39, 0.29) is 11.8 Å². The molecule has 0 atom stereocenters. The molecule has 2 aromatic carbocycles. The summed E-state index contributed by atoms with van der Waals surface area (Å²) in [7, 11) is 0. The summed E-state index contributed by atoms with van der Waals surface area (Å²) < 4.78 is 11.5. The van der Waals surface area contributed by atoms with Gasteiger partial charge >= 0.3 is 5.97 Å². The Morgan fingerprint density at radius 3 is 2.12 bits per heavy atom. The van der Waals surface area contributed by atoms with Crippen molar-refractivity contribution in [1.82, 2.24) is 0 Å². The molecule has 0 unspecified atom stereocenters. The third-order valence-electron chi connectivity index (χ3n) is 3.32. The summed E-state index contributed by atoms with van der Waals surface area (Å²) in [6, 6.07) is 14.5. The zero-order valence-electron chi connectivity index (χ0n) is 13.5. The molecule has 0 aliphatic rings. The van der Waals surface area contributed by atoms with E-state index in [9.17, 15) is 9.59 Å². The molecule has 0 saturated heterocycles. The van der Waals surface area contributed by atoms with Crippen LogP contribution in [0.5, 0.6) is 5.75 Å². The molecule has 0 saturated carbocycles. The maximum Gasteiger partial charge on any atom is 0.305 e. The molecule has 0 bridgehead atoms. The van der Waals surface area contributed by atoms with Gasteiger partial charge in [-0.05, 0) is 84.5 Å². The molecule has 126 valence electrons. The fourth-order valence-corrected chi connectivity index (χ4v) is 2.47. The second-order valence-electron chi connectivity index (χ2n) is 5.12. The molecule has 0 amide bonds. The first-order chi connectivity index (χ1) is 11.6. The van der Waals surface area contributed by atoms with Gasteiger partial charge in [0.05, 0.1) is 13.2 Å². The number of rotatable bonds is 8. The summed E-state index contributed by atoms with van der Waals surface area (Å²) in [5.41, 5.74) is 1.29. The summed E-state index contributed by atoms with van der Waals surface area (Å²) in [5.74, 6) is 0.456. The predicted molar refractivity (Wildman–Crippen MR) is 100 cm³/mol. The van der Waals surface area contributed by atoms with Crippen molar-refractivity contribution in [3.63, 3.8) is 0 Å². The second-order valence-corrected chi connectivity index (χ2v) is 6.36. The molecule has 0 aliphatic carbocycles. The van der Waals surface area contributed by atoms with Crippen LogP contribution in [0.1, 0.15) is 35.7 Å². The molecule has 0 aromatic heterocycles. The van der Waals surface area contributed by atoms with Crippen LogP contribution in [0.15, 0.2) is 48.5 Å². The van der Waals surface area contributed by atoms with E-state index >= 15 is 0 Å². The minimum absolute atomic E-state index is 0.0136. The van der Waals surface area contributed by atoms with Crippen LogP contribution in [0.25, 0.3) is 0 Å². The van der Waals surface area contributed by atoms with Crippen LogP contribution in [0.3, 0.4) is 0 Å². The number of ether oxygens (including phenoxy) is 2. The predicted octanol–water partition coefficient (Wildman–Crippen LogP) is 4.24. The Bertz CT molecular complexity index is 678. The van der Waals surface area contributed by atoms with Gasteiger partial charge in [-0.2, -0.15) is 0 Å². The summed E-state index contributed by atoms with van der Waals surface area (Å²) in [6.45, 7) is 2.62. The molecule has 0 fully saturated rings. The summed E-state index contributed by atoms with van der Waals surface area (Å²) in [6.07, 6.45) is 0.944. The van der Waals surface area contributed by atoms with Crippen molar-refractivity contribution in [3.8, 4) is 5.75 Å². The Hall–Kier alpha value is -1.89. The van der Waals surface area contributed by atoms with Gasteiger partial charge in [0, 0.05) is 21.1 Å². The van der Waals surface area contributed by atoms with Crippen LogP contribution in [-0.4, -0.2) is 25.0 Å². The quantitative estimate of drug-likeness (QED) is 0.268. The van der Waals surface area contributed by atoms with E-state index in [0.29, 0.717) is 42.9 Å². The van der Waals surface area contributed by atoms with E-state index in [1.807, 2.05) is 24.3 Å². The van der Waals surface area contributed by atoms with Crippen LogP contribution in [0.2, 0.25) is 0 Å². The maximum atomic E-state index is 12.4. The third-order valence-corrected chi connectivity index (χ3v) is 4.04. The monoisotopic (exact) mass is 438 g/mol. The fraction of sp³-hybridized carbons (Fsp3) is 0.263. The Labute approximate surface area is 155 Å². The van der Waals surface area contributed by atoms with E-state index < -0.39 is 0 Å². The van der Waals surface area contributed by atoms with Crippen molar-refractivity contribution in [1.29, 1.82) is 0 Å². The van der Waals surface area contributed by atoms with Crippen molar-refractivity contribution in [2.75, 3.05) is 13.2 Å². The molecule has 0 spiro atoms. The van der Waals surface area contributed by atoms with Crippen molar-refractivity contribution < 1.29 is 19.1 Å². The minimum atomic E-state index is -0.209. The Balaban J connectivity index is 1.85. The second kappa shape index (κ2) is 9.42. The van der Waals surface area contributed by atoms with E-state index in [0.717, 1.165) is 3.57 Å². The zero-order valence-corrected chi connectivity index (χ0v) is 15.6. The van der Waals surface area contributed by atoms with Gasteiger partial charge < -0.3 is 9.47 Å². The molecule has 4 nitrogen and oxygen atoms in total. The highest BCUT2D eigenvalue weighted by molar-refractivity contribution is 14.1. The van der Waals surface area contributed by atoms with Gasteiger partial charge in [-0.15, -0.1) is 0 Å². The molecule has 0 heterocycles. The number of carbonyl (C=O) groups excluding carboxylic acids is 2. The average Bonchev–Trinajstić information content (AvgIpc) is 2.60. The van der Waals surface area contributed by atoms with Gasteiger partial charge in [-0.3, -0.25) is 9.59 Å². The summed E-state index contributed by atoms with van der Waals surface area (Å²) in [4.78, 5) is 23.6. The number of carbonyl (C=O) groups is 2. The number of ketones is 1. The number of hydrogen-bond donors (Lipinski definition) is 0. The van der Waals surface area contributed by atoms with Gasteiger partial charge in [0.15, 0.2) is 5.78 Å². The smallest absolute Gasteiger partial charge is 0.305 e. The lowest BCUT2D eigenvalue weighted by Crippen LogP contribution is -2.07. The van der Waals surface area contributed by atoms with Crippen LogP contribution < -0.4 is 4.74 Å². The van der Waals surface area contributed by atoms with Crippen LogP contribution in [-0.2, 0) is 9.53 Å². The average molecular weight is 438 g/mol. The van der Waals surface area contributed by atoms with Crippen molar-refractivity contribution in [3.05, 3.63) is 63.2 Å². The molecule has 24 heavy (non-hydrogen) atoms. The van der Waals surface area contributed by atoms with E-state index in [2.05, 4.69) is 22.6 Å². The van der Waals surface area contributed by atoms with Gasteiger partial charge in [0.25, 0.3) is 0 Å². The standard InChI is InChI=1S/C19H19IO4/c1-2-23-18(21)4-3-13-24-17-11-7-15(8-12-17)19(22)14-5-9-16(20)10-6-14/h5-12H,2-4,13H2,1H3. The highest BCUT2D eigenvalue weighted by Gasteiger charge is 2.09. The van der Waals surface area contributed by atoms with Gasteiger partial charge in [-0.25, -0.2) is 0 Å². The van der Waals surface area contributed by atoms with Crippen molar-refractivity contribution in [2.45, 2.75) is 19.8 Å². The normalized spacial score (nSPS) is 10.2. The topological polar surface area (TPSA) is 52.6 Å². The Kier molecular flexibility index (Phi) is 7.24. The Morgan fingerprint density at radius 2 is 1.54 bits per heavy atom. The highest BCUT2D eigenvalue weighted by atomic mass is 127. The van der Waals surface area contributed by atoms with Crippen LogP contribution in [0.4, 0.5) is 0 Å². The third kappa shape index (κ3) is 5.63. The lowest BCUT2D eigenvalue weighted by molar-refractivity contribution is -0.143. The fourth-order valence-electron chi connectivity index (χ4n) is 2.11. The molecule has 0 N–H and O–H groups in total. The van der Waals surface area contributed by atoms with Crippen LogP contribution >= 0.6 is 22.6 Å². The number of esters is 1. The Morgan fingerprint density at radius 1 is 0.958 bits per heavy atom. The number of halogens is 1. The number of benzene rings is 2. The first kappa shape index (κ1) is 18.4. The minimum Gasteiger partial charge on any atom is -0.494 e. The molecule has 0 aliphatic heterocycles. The largest absolute Gasteiger partial charge is 0.494 e. The number of hydrogen-bond acceptors (Lipinski definition) is 4.